The van der Waals surface area contributed by atoms with Crippen LogP contribution in [0.5, 0.6) is 0 Å². The number of aryl methyl sites for hydroxylation is 2. The summed E-state index contributed by atoms with van der Waals surface area (Å²) in [5.41, 5.74) is 3.59. The maximum Gasteiger partial charge on any atom is 0.211 e. The number of oxazole rings is 1. The van der Waals surface area contributed by atoms with Gasteiger partial charge < -0.3 is 4.42 Å². The van der Waals surface area contributed by atoms with Crippen molar-refractivity contribution in [3.8, 4) is 0 Å². The molecular formula is C18H20N2O3S. The van der Waals surface area contributed by atoms with Gasteiger partial charge >= 0.3 is 0 Å². The van der Waals surface area contributed by atoms with Crippen LogP contribution in [0.1, 0.15) is 17.0 Å². The van der Waals surface area contributed by atoms with Crippen LogP contribution in [0.25, 0.3) is 11.1 Å². The molecule has 0 aliphatic heterocycles. The van der Waals surface area contributed by atoms with Crippen molar-refractivity contribution in [3.63, 3.8) is 0 Å². The number of nitrogens with one attached hydrogen (secondary N) is 1. The molecule has 6 heteroatoms. The van der Waals surface area contributed by atoms with Crippen molar-refractivity contribution >= 4 is 21.1 Å². The second-order valence-corrected chi connectivity index (χ2v) is 7.66. The van der Waals surface area contributed by atoms with E-state index in [4.69, 9.17) is 4.42 Å². The number of fused-ring (bicyclic) bond motifs is 1. The molecule has 0 unspecified atom stereocenters. The van der Waals surface area contributed by atoms with Crippen LogP contribution in [0.3, 0.4) is 0 Å². The van der Waals surface area contributed by atoms with Gasteiger partial charge in [-0.25, -0.2) is 18.1 Å². The zero-order valence-electron chi connectivity index (χ0n) is 13.5. The first kappa shape index (κ1) is 16.7. The van der Waals surface area contributed by atoms with Crippen molar-refractivity contribution in [1.29, 1.82) is 0 Å². The Morgan fingerprint density at radius 3 is 2.62 bits per heavy atom. The molecule has 2 aromatic carbocycles. The Labute approximate surface area is 141 Å². The first-order valence-electron chi connectivity index (χ1n) is 7.89. The Balaban J connectivity index is 1.52. The van der Waals surface area contributed by atoms with Gasteiger partial charge in [0.1, 0.15) is 5.52 Å². The summed E-state index contributed by atoms with van der Waals surface area (Å²) in [5.74, 6) is 0.723. The van der Waals surface area contributed by atoms with Crippen LogP contribution in [0.2, 0.25) is 0 Å². The van der Waals surface area contributed by atoms with Gasteiger partial charge in [-0.3, -0.25) is 0 Å². The highest BCUT2D eigenvalue weighted by Gasteiger charge is 2.10. The molecule has 0 bridgehead atoms. The summed E-state index contributed by atoms with van der Waals surface area (Å²) >= 11 is 0. The maximum absolute atomic E-state index is 12.1. The summed E-state index contributed by atoms with van der Waals surface area (Å²) in [6.07, 6.45) is 1.12. The SMILES string of the molecule is Cc1nc2ccc(CCNS(=O)(=O)CCc3ccccc3)cc2o1. The fourth-order valence-corrected chi connectivity index (χ4v) is 3.62. The van der Waals surface area contributed by atoms with Gasteiger partial charge in [0.15, 0.2) is 11.5 Å². The van der Waals surface area contributed by atoms with E-state index in [9.17, 15) is 8.42 Å². The molecule has 3 aromatic rings. The smallest absolute Gasteiger partial charge is 0.211 e. The molecular weight excluding hydrogens is 324 g/mol. The van der Waals surface area contributed by atoms with Crippen molar-refractivity contribution in [1.82, 2.24) is 9.71 Å². The van der Waals surface area contributed by atoms with Gasteiger partial charge in [-0.15, -0.1) is 0 Å². The molecule has 0 aliphatic rings. The van der Waals surface area contributed by atoms with E-state index < -0.39 is 10.0 Å². The average molecular weight is 344 g/mol. The van der Waals surface area contributed by atoms with Crippen LogP contribution in [-0.2, 0) is 22.9 Å². The first-order chi connectivity index (χ1) is 11.5. The van der Waals surface area contributed by atoms with E-state index >= 15 is 0 Å². The molecule has 0 amide bonds. The summed E-state index contributed by atoms with van der Waals surface area (Å²) in [6, 6.07) is 15.4. The molecule has 0 atom stereocenters. The van der Waals surface area contributed by atoms with Crippen molar-refractivity contribution < 1.29 is 12.8 Å². The van der Waals surface area contributed by atoms with Crippen LogP contribution < -0.4 is 4.72 Å². The summed E-state index contributed by atoms with van der Waals surface area (Å²) in [6.45, 7) is 2.18. The molecule has 0 fully saturated rings. The fraction of sp³-hybridized carbons (Fsp3) is 0.278. The molecule has 24 heavy (non-hydrogen) atoms. The molecule has 0 radical (unpaired) electrons. The largest absolute Gasteiger partial charge is 0.441 e. The Bertz CT molecular complexity index is 918. The summed E-state index contributed by atoms with van der Waals surface area (Å²) in [7, 11) is -3.27. The maximum atomic E-state index is 12.1. The number of hydrogen-bond acceptors (Lipinski definition) is 4. The van der Waals surface area contributed by atoms with Gasteiger partial charge in [-0.1, -0.05) is 36.4 Å². The van der Waals surface area contributed by atoms with E-state index in [0.717, 1.165) is 22.2 Å². The minimum Gasteiger partial charge on any atom is -0.441 e. The van der Waals surface area contributed by atoms with Crippen molar-refractivity contribution in [2.24, 2.45) is 0 Å². The van der Waals surface area contributed by atoms with E-state index in [1.807, 2.05) is 48.5 Å². The van der Waals surface area contributed by atoms with Gasteiger partial charge in [0, 0.05) is 13.5 Å². The predicted octanol–water partition coefficient (Wildman–Crippen LogP) is 2.84. The van der Waals surface area contributed by atoms with Crippen molar-refractivity contribution in [3.05, 3.63) is 65.5 Å². The molecule has 0 saturated heterocycles. The molecule has 3 rings (SSSR count). The monoisotopic (exact) mass is 344 g/mol. The standard InChI is InChI=1S/C18H20N2O3S/c1-14-20-17-8-7-16(13-18(17)23-14)9-11-19-24(21,22)12-10-15-5-3-2-4-6-15/h2-8,13,19H,9-12H2,1H3. The lowest BCUT2D eigenvalue weighted by atomic mass is 10.1. The van der Waals surface area contributed by atoms with E-state index in [-0.39, 0.29) is 5.75 Å². The predicted molar refractivity (Wildman–Crippen MR) is 94.4 cm³/mol. The normalized spacial score (nSPS) is 11.9. The molecule has 0 aliphatic carbocycles. The topological polar surface area (TPSA) is 72.2 Å². The molecule has 0 saturated carbocycles. The zero-order chi connectivity index (χ0) is 17.0. The lowest BCUT2D eigenvalue weighted by molar-refractivity contribution is 0.560. The van der Waals surface area contributed by atoms with E-state index in [0.29, 0.717) is 25.3 Å². The molecule has 1 aromatic heterocycles. The molecule has 126 valence electrons. The van der Waals surface area contributed by atoms with Crippen LogP contribution in [0, 0.1) is 6.92 Å². The van der Waals surface area contributed by atoms with Gasteiger partial charge in [0.25, 0.3) is 0 Å². The Kier molecular flexibility index (Phi) is 4.97. The second-order valence-electron chi connectivity index (χ2n) is 5.73. The van der Waals surface area contributed by atoms with Crippen molar-refractivity contribution in [2.75, 3.05) is 12.3 Å². The molecule has 0 spiro atoms. The number of sulfonamides is 1. The van der Waals surface area contributed by atoms with Gasteiger partial charge in [-0.05, 0) is 36.1 Å². The fourth-order valence-electron chi connectivity index (χ4n) is 2.56. The number of rotatable bonds is 7. The van der Waals surface area contributed by atoms with E-state index in [2.05, 4.69) is 9.71 Å². The second kappa shape index (κ2) is 7.15. The number of aromatic nitrogens is 1. The van der Waals surface area contributed by atoms with Gasteiger partial charge in [0.2, 0.25) is 10.0 Å². The zero-order valence-corrected chi connectivity index (χ0v) is 14.3. The third-order valence-electron chi connectivity index (χ3n) is 3.80. The summed E-state index contributed by atoms with van der Waals surface area (Å²) in [5, 5.41) is 0. The Morgan fingerprint density at radius 1 is 1.04 bits per heavy atom. The van der Waals surface area contributed by atoms with Gasteiger partial charge in [-0.2, -0.15) is 0 Å². The van der Waals surface area contributed by atoms with E-state index in [1.165, 1.54) is 0 Å². The Morgan fingerprint density at radius 2 is 1.83 bits per heavy atom. The van der Waals surface area contributed by atoms with Crippen LogP contribution in [0.15, 0.2) is 52.9 Å². The molecule has 5 nitrogen and oxygen atoms in total. The average Bonchev–Trinajstić information content (AvgIpc) is 2.93. The van der Waals surface area contributed by atoms with Crippen molar-refractivity contribution in [2.45, 2.75) is 19.8 Å². The minimum absolute atomic E-state index is 0.0946. The van der Waals surface area contributed by atoms with Crippen LogP contribution in [-0.4, -0.2) is 25.7 Å². The lowest BCUT2D eigenvalue weighted by Crippen LogP contribution is -2.29. The third kappa shape index (κ3) is 4.43. The number of benzene rings is 2. The lowest BCUT2D eigenvalue weighted by Gasteiger charge is -2.07. The Hall–Kier alpha value is -2.18. The summed E-state index contributed by atoms with van der Waals surface area (Å²) < 4.78 is 32.3. The van der Waals surface area contributed by atoms with Crippen LogP contribution >= 0.6 is 0 Å². The van der Waals surface area contributed by atoms with Crippen LogP contribution in [0.4, 0.5) is 0 Å². The first-order valence-corrected chi connectivity index (χ1v) is 9.54. The number of nitrogens with zero attached hydrogens (tertiary/aromatic N) is 1. The highest BCUT2D eigenvalue weighted by atomic mass is 32.2. The summed E-state index contributed by atoms with van der Waals surface area (Å²) in [4.78, 5) is 4.25. The highest BCUT2D eigenvalue weighted by Crippen LogP contribution is 2.17. The van der Waals surface area contributed by atoms with Gasteiger partial charge in [0.05, 0.1) is 5.75 Å². The van der Waals surface area contributed by atoms with E-state index in [1.54, 1.807) is 6.92 Å². The minimum atomic E-state index is -3.27. The third-order valence-corrected chi connectivity index (χ3v) is 5.18. The molecule has 1 heterocycles. The number of hydrogen-bond donors (Lipinski definition) is 1. The quantitative estimate of drug-likeness (QED) is 0.715. The molecule has 1 N–H and O–H groups in total. The highest BCUT2D eigenvalue weighted by molar-refractivity contribution is 7.89.